The first-order chi connectivity index (χ1) is 12.3. The Morgan fingerprint density at radius 1 is 0.885 bits per heavy atom. The summed E-state index contributed by atoms with van der Waals surface area (Å²) >= 11 is 0. The summed E-state index contributed by atoms with van der Waals surface area (Å²) in [4.78, 5) is 4.62. The van der Waals surface area contributed by atoms with Gasteiger partial charge in [-0.2, -0.15) is 0 Å². The van der Waals surface area contributed by atoms with Gasteiger partial charge in [0, 0.05) is 17.5 Å². The van der Waals surface area contributed by atoms with E-state index in [0.29, 0.717) is 5.88 Å². The van der Waals surface area contributed by atoms with Crippen LogP contribution in [0, 0.1) is 13.8 Å². The number of pyridine rings is 1. The van der Waals surface area contributed by atoms with Gasteiger partial charge in [0.1, 0.15) is 11.5 Å². The van der Waals surface area contributed by atoms with Crippen molar-refractivity contribution in [3.63, 3.8) is 0 Å². The molecule has 0 amide bonds. The highest BCUT2D eigenvalue weighted by Gasteiger charge is 2.11. The number of fused-ring (bicyclic) bond motifs is 1. The highest BCUT2D eigenvalue weighted by molar-refractivity contribution is 5.80. The molecule has 2 aromatic carbocycles. The Hall–Kier alpha value is -2.59. The lowest BCUT2D eigenvalue weighted by Gasteiger charge is -2.16. The van der Waals surface area contributed by atoms with Crippen LogP contribution >= 0.6 is 0 Å². The maximum absolute atomic E-state index is 6.04. The molecule has 3 aromatic rings. The van der Waals surface area contributed by atoms with Crippen LogP contribution in [-0.2, 0) is 0 Å². The Balaban J connectivity index is 1.89. The van der Waals surface area contributed by atoms with Crippen molar-refractivity contribution in [3.05, 3.63) is 59.2 Å². The van der Waals surface area contributed by atoms with Gasteiger partial charge in [-0.3, -0.25) is 0 Å². The standard InChI is InChI=1S/C22H26N2O2/c1-13(2)25-20-9-10-21(15(4)14(20)3)26-22-11-7-18-12-17(16(5)23)6-8-19(18)24-22/h6-13,16H,23H2,1-5H3. The number of nitrogens with two attached hydrogens (primary N) is 1. The maximum atomic E-state index is 6.04. The van der Waals surface area contributed by atoms with Crippen LogP contribution in [0.5, 0.6) is 17.4 Å². The maximum Gasteiger partial charge on any atom is 0.219 e. The van der Waals surface area contributed by atoms with Gasteiger partial charge < -0.3 is 15.2 Å². The molecule has 0 radical (unpaired) electrons. The zero-order valence-corrected chi connectivity index (χ0v) is 16.0. The lowest BCUT2D eigenvalue weighted by molar-refractivity contribution is 0.240. The largest absolute Gasteiger partial charge is 0.491 e. The van der Waals surface area contributed by atoms with E-state index in [0.717, 1.165) is 39.1 Å². The molecule has 0 spiro atoms. The van der Waals surface area contributed by atoms with Gasteiger partial charge in [-0.1, -0.05) is 6.07 Å². The van der Waals surface area contributed by atoms with Crippen LogP contribution in [0.2, 0.25) is 0 Å². The lowest BCUT2D eigenvalue weighted by atomic mass is 10.1. The number of aromatic nitrogens is 1. The van der Waals surface area contributed by atoms with E-state index in [-0.39, 0.29) is 12.1 Å². The second kappa shape index (κ2) is 7.34. The molecule has 0 aliphatic rings. The van der Waals surface area contributed by atoms with Crippen molar-refractivity contribution in [1.82, 2.24) is 4.98 Å². The molecule has 4 nitrogen and oxygen atoms in total. The van der Waals surface area contributed by atoms with Crippen LogP contribution in [0.15, 0.2) is 42.5 Å². The highest BCUT2D eigenvalue weighted by Crippen LogP contribution is 2.32. The third kappa shape index (κ3) is 3.81. The number of rotatable bonds is 5. The third-order valence-corrected chi connectivity index (χ3v) is 4.48. The van der Waals surface area contributed by atoms with Crippen molar-refractivity contribution in [2.24, 2.45) is 5.73 Å². The summed E-state index contributed by atoms with van der Waals surface area (Å²) < 4.78 is 11.9. The highest BCUT2D eigenvalue weighted by atomic mass is 16.5. The molecule has 1 atom stereocenters. The van der Waals surface area contributed by atoms with Gasteiger partial charge >= 0.3 is 0 Å². The Morgan fingerprint density at radius 2 is 1.58 bits per heavy atom. The first-order valence-corrected chi connectivity index (χ1v) is 8.96. The van der Waals surface area contributed by atoms with Crippen LogP contribution in [0.3, 0.4) is 0 Å². The topological polar surface area (TPSA) is 57.4 Å². The monoisotopic (exact) mass is 350 g/mol. The molecular formula is C22H26N2O2. The molecular weight excluding hydrogens is 324 g/mol. The first kappa shape index (κ1) is 18.2. The fraction of sp³-hybridized carbons (Fsp3) is 0.318. The summed E-state index contributed by atoms with van der Waals surface area (Å²) in [6, 6.07) is 13.9. The molecule has 2 N–H and O–H groups in total. The Kier molecular flexibility index (Phi) is 5.14. The Bertz CT molecular complexity index is 933. The van der Waals surface area contributed by atoms with Gasteiger partial charge in [-0.15, -0.1) is 0 Å². The van der Waals surface area contributed by atoms with E-state index in [2.05, 4.69) is 11.1 Å². The molecule has 1 heterocycles. The van der Waals surface area contributed by atoms with Gasteiger partial charge in [-0.05, 0) is 81.6 Å². The average molecular weight is 350 g/mol. The van der Waals surface area contributed by atoms with E-state index in [9.17, 15) is 0 Å². The second-order valence-electron chi connectivity index (χ2n) is 6.97. The lowest BCUT2D eigenvalue weighted by Crippen LogP contribution is -2.07. The number of nitrogens with zero attached hydrogens (tertiary/aromatic N) is 1. The van der Waals surface area contributed by atoms with Crippen molar-refractivity contribution in [3.8, 4) is 17.4 Å². The summed E-state index contributed by atoms with van der Waals surface area (Å²) in [5.41, 5.74) is 10.1. The van der Waals surface area contributed by atoms with E-state index >= 15 is 0 Å². The average Bonchev–Trinajstić information content (AvgIpc) is 2.60. The molecule has 4 heteroatoms. The normalized spacial score (nSPS) is 12.4. The smallest absolute Gasteiger partial charge is 0.219 e. The molecule has 0 saturated heterocycles. The fourth-order valence-electron chi connectivity index (χ4n) is 2.84. The minimum absolute atomic E-state index is 0.00697. The minimum Gasteiger partial charge on any atom is -0.491 e. The SMILES string of the molecule is Cc1c(Oc2ccc3cc(C(C)N)ccc3n2)ccc(OC(C)C)c1C. The molecule has 0 aliphatic heterocycles. The van der Waals surface area contributed by atoms with Crippen LogP contribution in [0.4, 0.5) is 0 Å². The minimum atomic E-state index is 0.00697. The quantitative estimate of drug-likeness (QED) is 0.664. The van der Waals surface area contributed by atoms with Crippen LogP contribution in [0.1, 0.15) is 43.5 Å². The molecule has 136 valence electrons. The van der Waals surface area contributed by atoms with E-state index in [1.165, 1.54) is 0 Å². The van der Waals surface area contributed by atoms with E-state index < -0.39 is 0 Å². The van der Waals surface area contributed by atoms with Crippen molar-refractivity contribution in [2.75, 3.05) is 0 Å². The summed E-state index contributed by atoms with van der Waals surface area (Å²) in [7, 11) is 0. The first-order valence-electron chi connectivity index (χ1n) is 8.96. The van der Waals surface area contributed by atoms with Crippen LogP contribution in [-0.4, -0.2) is 11.1 Å². The zero-order valence-electron chi connectivity index (χ0n) is 16.0. The third-order valence-electron chi connectivity index (χ3n) is 4.48. The molecule has 26 heavy (non-hydrogen) atoms. The molecule has 1 aromatic heterocycles. The van der Waals surface area contributed by atoms with Crippen molar-refractivity contribution >= 4 is 10.9 Å². The molecule has 0 bridgehead atoms. The Labute approximate surface area is 155 Å². The van der Waals surface area contributed by atoms with E-state index in [1.54, 1.807) is 0 Å². The molecule has 0 fully saturated rings. The van der Waals surface area contributed by atoms with Crippen LogP contribution < -0.4 is 15.2 Å². The summed E-state index contributed by atoms with van der Waals surface area (Å²) in [5, 5.41) is 1.06. The molecule has 0 aliphatic carbocycles. The summed E-state index contributed by atoms with van der Waals surface area (Å²) in [6.07, 6.45) is 0.142. The van der Waals surface area contributed by atoms with Crippen molar-refractivity contribution < 1.29 is 9.47 Å². The zero-order chi connectivity index (χ0) is 18.8. The molecule has 1 unspecified atom stereocenters. The van der Waals surface area contributed by atoms with Crippen LogP contribution in [0.25, 0.3) is 10.9 Å². The number of benzene rings is 2. The van der Waals surface area contributed by atoms with Gasteiger partial charge in [-0.25, -0.2) is 4.98 Å². The van der Waals surface area contributed by atoms with Crippen molar-refractivity contribution in [2.45, 2.75) is 46.8 Å². The predicted molar refractivity (Wildman–Crippen MR) is 106 cm³/mol. The second-order valence-corrected chi connectivity index (χ2v) is 6.97. The van der Waals surface area contributed by atoms with Crippen molar-refractivity contribution in [1.29, 1.82) is 0 Å². The van der Waals surface area contributed by atoms with Gasteiger partial charge in [0.05, 0.1) is 11.6 Å². The summed E-state index contributed by atoms with van der Waals surface area (Å²) in [6.45, 7) is 10.1. The number of hydrogen-bond donors (Lipinski definition) is 1. The molecule has 0 saturated carbocycles. The van der Waals surface area contributed by atoms with E-state index in [1.807, 2.05) is 71.0 Å². The predicted octanol–water partition coefficient (Wildman–Crippen LogP) is 5.45. The summed E-state index contributed by atoms with van der Waals surface area (Å²) in [5.74, 6) is 2.25. The van der Waals surface area contributed by atoms with Gasteiger partial charge in [0.2, 0.25) is 5.88 Å². The number of hydrogen-bond acceptors (Lipinski definition) is 4. The number of ether oxygens (including phenoxy) is 2. The fourth-order valence-corrected chi connectivity index (χ4v) is 2.84. The Morgan fingerprint density at radius 3 is 2.27 bits per heavy atom. The van der Waals surface area contributed by atoms with E-state index in [4.69, 9.17) is 15.2 Å². The molecule has 3 rings (SSSR count). The van der Waals surface area contributed by atoms with Gasteiger partial charge in [0.15, 0.2) is 0 Å². The van der Waals surface area contributed by atoms with Gasteiger partial charge in [0.25, 0.3) is 0 Å².